The number of hydrogen-bond donors (Lipinski definition) is 0. The maximum Gasteiger partial charge on any atom is 0.306 e. The molecule has 6 heteroatoms. The predicted octanol–water partition coefficient (Wildman–Crippen LogP) is 16.9. The predicted molar refractivity (Wildman–Crippen MR) is 274 cm³/mol. The summed E-state index contributed by atoms with van der Waals surface area (Å²) in [5.74, 6) is -1.03. The molecule has 0 aromatic rings. The molecule has 0 aromatic heterocycles. The van der Waals surface area contributed by atoms with Gasteiger partial charge in [-0.05, 0) is 109 Å². The van der Waals surface area contributed by atoms with E-state index in [0.717, 1.165) is 109 Å². The summed E-state index contributed by atoms with van der Waals surface area (Å²) in [6.07, 6.45) is 70.5. The molecular formula is C58H92O6. The molecule has 0 rings (SSSR count). The van der Waals surface area contributed by atoms with E-state index in [4.69, 9.17) is 14.2 Å². The smallest absolute Gasteiger partial charge is 0.306 e. The fourth-order valence-corrected chi connectivity index (χ4v) is 6.45. The highest BCUT2D eigenvalue weighted by atomic mass is 16.6. The number of allylic oxidation sites excluding steroid dienone is 20. The molecule has 1 atom stereocenters. The molecule has 0 aliphatic rings. The molecule has 0 N–H and O–H groups in total. The molecule has 0 amide bonds. The van der Waals surface area contributed by atoms with Crippen molar-refractivity contribution in [3.8, 4) is 0 Å². The minimum absolute atomic E-state index is 0.121. The summed E-state index contributed by atoms with van der Waals surface area (Å²) >= 11 is 0. The molecule has 0 aliphatic heterocycles. The van der Waals surface area contributed by atoms with Crippen molar-refractivity contribution in [1.82, 2.24) is 0 Å². The fourth-order valence-electron chi connectivity index (χ4n) is 6.45. The van der Waals surface area contributed by atoms with Gasteiger partial charge in [0.1, 0.15) is 13.2 Å². The van der Waals surface area contributed by atoms with Gasteiger partial charge in [-0.3, -0.25) is 14.4 Å². The summed E-state index contributed by atoms with van der Waals surface area (Å²) in [7, 11) is 0. The molecule has 0 bridgehead atoms. The summed E-state index contributed by atoms with van der Waals surface area (Å²) in [5, 5.41) is 0. The van der Waals surface area contributed by atoms with Crippen LogP contribution >= 0.6 is 0 Å². The van der Waals surface area contributed by atoms with E-state index >= 15 is 0 Å². The number of hydrogen-bond acceptors (Lipinski definition) is 6. The summed E-state index contributed by atoms with van der Waals surface area (Å²) in [6.45, 7) is 6.27. The van der Waals surface area contributed by atoms with Gasteiger partial charge in [-0.1, -0.05) is 200 Å². The van der Waals surface area contributed by atoms with Crippen LogP contribution in [0.4, 0.5) is 0 Å². The number of unbranched alkanes of at least 4 members (excludes halogenated alkanes) is 15. The molecule has 0 radical (unpaired) electrons. The van der Waals surface area contributed by atoms with Gasteiger partial charge >= 0.3 is 17.9 Å². The van der Waals surface area contributed by atoms with Crippen molar-refractivity contribution < 1.29 is 28.6 Å². The van der Waals surface area contributed by atoms with Crippen molar-refractivity contribution in [3.05, 3.63) is 122 Å². The second-order valence-corrected chi connectivity index (χ2v) is 16.4. The number of esters is 3. The lowest BCUT2D eigenvalue weighted by molar-refractivity contribution is -0.167. The van der Waals surface area contributed by atoms with E-state index in [1.165, 1.54) is 44.9 Å². The van der Waals surface area contributed by atoms with E-state index < -0.39 is 6.10 Å². The van der Waals surface area contributed by atoms with Crippen molar-refractivity contribution in [1.29, 1.82) is 0 Å². The fraction of sp³-hybridized carbons (Fsp3) is 0.603. The molecule has 0 heterocycles. The maximum atomic E-state index is 12.8. The Kier molecular flexibility index (Phi) is 48.1. The van der Waals surface area contributed by atoms with Gasteiger partial charge < -0.3 is 14.2 Å². The van der Waals surface area contributed by atoms with Crippen molar-refractivity contribution >= 4 is 17.9 Å². The normalized spacial score (nSPS) is 13.1. The zero-order valence-electron chi connectivity index (χ0n) is 41.0. The van der Waals surface area contributed by atoms with E-state index in [1.54, 1.807) is 0 Å². The molecule has 0 saturated heterocycles. The monoisotopic (exact) mass is 885 g/mol. The zero-order valence-corrected chi connectivity index (χ0v) is 41.0. The molecule has 64 heavy (non-hydrogen) atoms. The average Bonchev–Trinajstić information content (AvgIpc) is 3.29. The minimum Gasteiger partial charge on any atom is -0.462 e. The van der Waals surface area contributed by atoms with Crippen LogP contribution in [0.25, 0.3) is 0 Å². The van der Waals surface area contributed by atoms with Crippen LogP contribution in [0.1, 0.15) is 207 Å². The van der Waals surface area contributed by atoms with Crippen LogP contribution in [0.2, 0.25) is 0 Å². The maximum absolute atomic E-state index is 12.8. The Bertz CT molecular complexity index is 1390. The van der Waals surface area contributed by atoms with Crippen molar-refractivity contribution in [2.24, 2.45) is 0 Å². The first-order valence-electron chi connectivity index (χ1n) is 25.6. The van der Waals surface area contributed by atoms with Crippen LogP contribution in [-0.2, 0) is 28.6 Å². The Morgan fingerprint density at radius 2 is 0.703 bits per heavy atom. The highest BCUT2D eigenvalue weighted by molar-refractivity contribution is 5.71. The topological polar surface area (TPSA) is 78.9 Å². The van der Waals surface area contributed by atoms with Crippen molar-refractivity contribution in [3.63, 3.8) is 0 Å². The highest BCUT2D eigenvalue weighted by Gasteiger charge is 2.19. The lowest BCUT2D eigenvalue weighted by Gasteiger charge is -2.18. The average molecular weight is 885 g/mol. The number of rotatable bonds is 44. The highest BCUT2D eigenvalue weighted by Crippen LogP contribution is 2.12. The lowest BCUT2D eigenvalue weighted by Crippen LogP contribution is -2.30. The zero-order chi connectivity index (χ0) is 46.5. The van der Waals surface area contributed by atoms with Gasteiger partial charge in [0.05, 0.1) is 0 Å². The van der Waals surface area contributed by atoms with E-state index in [2.05, 4.69) is 136 Å². The molecule has 0 saturated carbocycles. The molecule has 0 aromatic carbocycles. The summed E-state index contributed by atoms with van der Waals surface area (Å²) in [4.78, 5) is 37.9. The standard InChI is InChI=1S/C58H92O6/c1-4-7-10-13-16-19-22-25-27-29-31-33-36-39-42-45-48-51-57(60)63-54-55(53-62-56(59)50-47-44-41-38-35-32-24-21-18-15-12-9-6-3)64-58(61)52-49-46-43-40-37-34-30-28-26-23-20-17-14-11-8-5-2/h8-9,11-12,15,17-18,20-21,24-28,31,33-34,37,39,42,55H,4-7,10,13-14,16,19,22-23,29-30,32,35-36,38,40-41,43-54H2,1-3H3/b11-8+,12-9+,18-15+,20-17+,24-21+,27-25+,28-26+,33-31+,37-34+,42-39+. The van der Waals surface area contributed by atoms with Crippen LogP contribution in [0.3, 0.4) is 0 Å². The SMILES string of the molecule is CC/C=C/C=C/C=C/CCCCCCCC(=O)OCC(COC(=O)CCC/C=C/C/C=C/C/C=C/CCCCCCCC)OC(=O)CCCCC/C=C/C/C=C/C/C=C/C/C=C/CC. The van der Waals surface area contributed by atoms with Gasteiger partial charge in [0.25, 0.3) is 0 Å². The van der Waals surface area contributed by atoms with E-state index in [1.807, 2.05) is 6.08 Å². The van der Waals surface area contributed by atoms with E-state index in [-0.39, 0.29) is 44.0 Å². The summed E-state index contributed by atoms with van der Waals surface area (Å²) < 4.78 is 16.7. The second-order valence-electron chi connectivity index (χ2n) is 16.4. The molecule has 1 unspecified atom stereocenters. The number of ether oxygens (including phenoxy) is 3. The lowest BCUT2D eigenvalue weighted by atomic mass is 10.1. The number of carbonyl (C=O) groups excluding carboxylic acids is 3. The quantitative estimate of drug-likeness (QED) is 0.0199. The van der Waals surface area contributed by atoms with Crippen molar-refractivity contribution in [2.45, 2.75) is 213 Å². The van der Waals surface area contributed by atoms with E-state index in [9.17, 15) is 14.4 Å². The minimum atomic E-state index is -0.826. The summed E-state index contributed by atoms with van der Waals surface area (Å²) in [5.41, 5.74) is 0. The van der Waals surface area contributed by atoms with Gasteiger partial charge in [-0.15, -0.1) is 0 Å². The first kappa shape index (κ1) is 59.8. The third-order valence-corrected chi connectivity index (χ3v) is 10.2. The Hall–Kier alpha value is -4.19. The van der Waals surface area contributed by atoms with Gasteiger partial charge in [-0.25, -0.2) is 0 Å². The third kappa shape index (κ3) is 48.8. The Morgan fingerprint density at radius 1 is 0.344 bits per heavy atom. The third-order valence-electron chi connectivity index (χ3n) is 10.2. The second kappa shape index (κ2) is 51.4. The van der Waals surface area contributed by atoms with Crippen LogP contribution in [0.15, 0.2) is 122 Å². The van der Waals surface area contributed by atoms with Crippen LogP contribution < -0.4 is 0 Å². The molecule has 0 fully saturated rings. The van der Waals surface area contributed by atoms with Gasteiger partial charge in [-0.2, -0.15) is 0 Å². The van der Waals surface area contributed by atoms with Gasteiger partial charge in [0.15, 0.2) is 6.10 Å². The molecule has 0 aliphatic carbocycles. The van der Waals surface area contributed by atoms with E-state index in [0.29, 0.717) is 19.3 Å². The molecule has 0 spiro atoms. The molecular weight excluding hydrogens is 793 g/mol. The van der Waals surface area contributed by atoms with Gasteiger partial charge in [0, 0.05) is 19.3 Å². The Labute approximate surface area is 392 Å². The first-order valence-corrected chi connectivity index (χ1v) is 25.6. The first-order chi connectivity index (χ1) is 31.5. The Balaban J connectivity index is 4.57. The van der Waals surface area contributed by atoms with Crippen LogP contribution in [0.5, 0.6) is 0 Å². The Morgan fingerprint density at radius 3 is 1.20 bits per heavy atom. The number of carbonyl (C=O) groups is 3. The summed E-state index contributed by atoms with van der Waals surface area (Å²) in [6, 6.07) is 0. The van der Waals surface area contributed by atoms with Crippen LogP contribution in [-0.4, -0.2) is 37.2 Å². The van der Waals surface area contributed by atoms with Crippen LogP contribution in [0, 0.1) is 0 Å². The van der Waals surface area contributed by atoms with Crippen molar-refractivity contribution in [2.75, 3.05) is 13.2 Å². The largest absolute Gasteiger partial charge is 0.462 e. The molecule has 360 valence electrons. The molecule has 6 nitrogen and oxygen atoms in total. The van der Waals surface area contributed by atoms with Gasteiger partial charge in [0.2, 0.25) is 0 Å².